The van der Waals surface area contributed by atoms with E-state index in [0.717, 1.165) is 43.8 Å². The molecule has 1 aromatic carbocycles. The van der Waals surface area contributed by atoms with Gasteiger partial charge >= 0.3 is 0 Å². The van der Waals surface area contributed by atoms with Gasteiger partial charge in [-0.25, -0.2) is 4.98 Å². The highest BCUT2D eigenvalue weighted by Crippen LogP contribution is 2.32. The maximum atomic E-state index is 12.9. The molecule has 3 fully saturated rings. The number of piperidine rings is 1. The van der Waals surface area contributed by atoms with Crippen LogP contribution < -0.4 is 4.90 Å². The molecule has 2 bridgehead atoms. The predicted molar refractivity (Wildman–Crippen MR) is 106 cm³/mol. The van der Waals surface area contributed by atoms with Gasteiger partial charge in [0.1, 0.15) is 5.82 Å². The molecular formula is C22H27N3O. The molecule has 5 rings (SSSR count). The first-order valence-corrected chi connectivity index (χ1v) is 9.58. The van der Waals surface area contributed by atoms with E-state index in [1.54, 1.807) is 0 Å². The Morgan fingerprint density at radius 1 is 1.23 bits per heavy atom. The Morgan fingerprint density at radius 2 is 2.04 bits per heavy atom. The molecule has 0 unspecified atom stereocenters. The second-order valence-electron chi connectivity index (χ2n) is 7.92. The Kier molecular flexibility index (Phi) is 4.43. The minimum absolute atomic E-state index is 0.0906. The van der Waals surface area contributed by atoms with Gasteiger partial charge in [-0.1, -0.05) is 29.8 Å². The van der Waals surface area contributed by atoms with E-state index in [9.17, 15) is 4.79 Å². The molecule has 1 amide bonds. The Balaban J connectivity index is 1.65. The third-order valence-electron chi connectivity index (χ3n) is 5.72. The average Bonchev–Trinajstić information content (AvgIpc) is 2.91. The number of rotatable bonds is 3. The molecule has 3 aliphatic heterocycles. The lowest BCUT2D eigenvalue weighted by atomic mass is 9.94. The maximum absolute atomic E-state index is 12.9. The molecular weight excluding hydrogens is 322 g/mol. The fourth-order valence-electron chi connectivity index (χ4n) is 4.24. The molecule has 4 heteroatoms. The molecule has 1 aromatic heterocycles. The van der Waals surface area contributed by atoms with Crippen LogP contribution in [0.15, 0.2) is 42.0 Å². The fraction of sp³-hybridized carbons (Fsp3) is 0.455. The van der Waals surface area contributed by atoms with Gasteiger partial charge in [0.15, 0.2) is 0 Å². The van der Waals surface area contributed by atoms with E-state index in [1.807, 2.05) is 6.07 Å². The number of fused-ring (bicyclic) bond motifs is 5. The fourth-order valence-corrected chi connectivity index (χ4v) is 4.24. The quantitative estimate of drug-likeness (QED) is 0.788. The number of pyridine rings is 1. The van der Waals surface area contributed by atoms with E-state index in [-0.39, 0.29) is 12.0 Å². The smallest absolute Gasteiger partial charge is 0.228 e. The van der Waals surface area contributed by atoms with Gasteiger partial charge in [0.25, 0.3) is 0 Å². The largest absolute Gasteiger partial charge is 0.354 e. The molecule has 26 heavy (non-hydrogen) atoms. The molecule has 0 aliphatic carbocycles. The van der Waals surface area contributed by atoms with Crippen LogP contribution in [0, 0.1) is 12.8 Å². The normalized spacial score (nSPS) is 22.7. The number of hydrogen-bond acceptors (Lipinski definition) is 3. The Labute approximate surface area is 155 Å². The molecule has 2 aromatic rings. The van der Waals surface area contributed by atoms with Crippen molar-refractivity contribution in [1.82, 2.24) is 9.88 Å². The molecule has 0 spiro atoms. The third-order valence-corrected chi connectivity index (χ3v) is 5.72. The van der Waals surface area contributed by atoms with Crippen molar-refractivity contribution in [1.29, 1.82) is 0 Å². The first-order valence-electron chi connectivity index (χ1n) is 9.58. The lowest BCUT2D eigenvalue weighted by Crippen LogP contribution is -2.47. The highest BCUT2D eigenvalue weighted by molar-refractivity contribution is 5.85. The van der Waals surface area contributed by atoms with Crippen LogP contribution in [-0.2, 0) is 4.79 Å². The number of carbonyl (C=O) groups is 1. The van der Waals surface area contributed by atoms with E-state index >= 15 is 0 Å². The minimum Gasteiger partial charge on any atom is -0.354 e. The molecule has 136 valence electrons. The first-order chi connectivity index (χ1) is 12.5. The van der Waals surface area contributed by atoms with Crippen molar-refractivity contribution in [3.05, 3.63) is 47.5 Å². The molecule has 0 saturated carbocycles. The summed E-state index contributed by atoms with van der Waals surface area (Å²) < 4.78 is 0. The van der Waals surface area contributed by atoms with Crippen molar-refractivity contribution in [3.63, 3.8) is 0 Å². The number of carbonyl (C=O) groups excluding carboxylic acids is 1. The van der Waals surface area contributed by atoms with Crippen molar-refractivity contribution in [2.24, 2.45) is 5.92 Å². The van der Waals surface area contributed by atoms with Crippen LogP contribution in [0.3, 0.4) is 0 Å². The monoisotopic (exact) mass is 349 g/mol. The standard InChI is InChI=1S/C22H27N3O/c1-15(2)10-11-25-18-9-8-17(22(25)26)13-24(14-18)21-12-16(3)19-6-4-5-7-20(19)23-21/h4-7,10,12,17-18H,8-9,11,13-14H2,1-3H3/t17-,18+/m0/s1. The van der Waals surface area contributed by atoms with Crippen LogP contribution in [0.2, 0.25) is 0 Å². The summed E-state index contributed by atoms with van der Waals surface area (Å²) in [4.78, 5) is 22.3. The van der Waals surface area contributed by atoms with Gasteiger partial charge < -0.3 is 9.80 Å². The number of aromatic nitrogens is 1. The van der Waals surface area contributed by atoms with Crippen molar-refractivity contribution >= 4 is 22.6 Å². The van der Waals surface area contributed by atoms with Crippen molar-refractivity contribution < 1.29 is 4.79 Å². The summed E-state index contributed by atoms with van der Waals surface area (Å²) in [6.45, 7) is 8.73. The SMILES string of the molecule is CC(C)=CCN1C(=O)[C@H]2CC[C@@H]1CN(c1cc(C)c3ccccc3n1)C2. The van der Waals surface area contributed by atoms with Crippen LogP contribution >= 0.6 is 0 Å². The van der Waals surface area contributed by atoms with Crippen LogP contribution in [0.4, 0.5) is 5.82 Å². The molecule has 0 N–H and O–H groups in total. The minimum atomic E-state index is 0.0906. The number of allylic oxidation sites excluding steroid dienone is 1. The van der Waals surface area contributed by atoms with Gasteiger partial charge in [0.2, 0.25) is 5.91 Å². The van der Waals surface area contributed by atoms with Crippen LogP contribution in [0.1, 0.15) is 32.3 Å². The number of para-hydroxylation sites is 1. The zero-order chi connectivity index (χ0) is 18.3. The van der Waals surface area contributed by atoms with Gasteiger partial charge in [-0.05, 0) is 51.3 Å². The van der Waals surface area contributed by atoms with Gasteiger partial charge in [-0.3, -0.25) is 4.79 Å². The van der Waals surface area contributed by atoms with Crippen molar-refractivity contribution in [3.8, 4) is 0 Å². The molecule has 0 radical (unpaired) electrons. The van der Waals surface area contributed by atoms with Crippen LogP contribution in [-0.4, -0.2) is 41.5 Å². The van der Waals surface area contributed by atoms with E-state index in [1.165, 1.54) is 16.5 Å². The number of anilines is 1. The lowest BCUT2D eigenvalue weighted by Gasteiger charge is -2.35. The van der Waals surface area contributed by atoms with Crippen molar-refractivity contribution in [2.45, 2.75) is 39.7 Å². The number of amides is 1. The van der Waals surface area contributed by atoms with Crippen LogP contribution in [0.25, 0.3) is 10.9 Å². The first kappa shape index (κ1) is 17.1. The summed E-state index contributed by atoms with van der Waals surface area (Å²) >= 11 is 0. The summed E-state index contributed by atoms with van der Waals surface area (Å²) in [5.74, 6) is 1.42. The summed E-state index contributed by atoms with van der Waals surface area (Å²) in [7, 11) is 0. The molecule has 4 heterocycles. The number of hydrogen-bond donors (Lipinski definition) is 0. The zero-order valence-electron chi connectivity index (χ0n) is 15.9. The molecule has 2 atom stereocenters. The van der Waals surface area contributed by atoms with E-state index in [0.29, 0.717) is 5.91 Å². The second-order valence-corrected chi connectivity index (χ2v) is 7.92. The number of nitrogens with zero attached hydrogens (tertiary/aromatic N) is 3. The van der Waals surface area contributed by atoms with Crippen LogP contribution in [0.5, 0.6) is 0 Å². The van der Waals surface area contributed by atoms with Crippen molar-refractivity contribution in [2.75, 3.05) is 24.5 Å². The Hall–Kier alpha value is -2.36. The third kappa shape index (κ3) is 3.09. The lowest BCUT2D eigenvalue weighted by molar-refractivity contribution is -0.139. The molecule has 4 nitrogen and oxygen atoms in total. The zero-order valence-corrected chi connectivity index (χ0v) is 15.9. The topological polar surface area (TPSA) is 36.4 Å². The van der Waals surface area contributed by atoms with Gasteiger partial charge in [-0.15, -0.1) is 0 Å². The maximum Gasteiger partial charge on any atom is 0.228 e. The summed E-state index contributed by atoms with van der Waals surface area (Å²) in [6, 6.07) is 10.8. The van der Waals surface area contributed by atoms with Gasteiger partial charge in [0, 0.05) is 31.1 Å². The number of aryl methyl sites for hydroxylation is 1. The predicted octanol–water partition coefficient (Wildman–Crippen LogP) is 3.94. The Bertz CT molecular complexity index is 869. The summed E-state index contributed by atoms with van der Waals surface area (Å²) in [6.07, 6.45) is 4.26. The van der Waals surface area contributed by atoms with E-state index < -0.39 is 0 Å². The van der Waals surface area contributed by atoms with E-state index in [4.69, 9.17) is 4.98 Å². The average molecular weight is 349 g/mol. The highest BCUT2D eigenvalue weighted by atomic mass is 16.2. The number of benzene rings is 1. The summed E-state index contributed by atoms with van der Waals surface area (Å²) in [5.41, 5.74) is 3.54. The van der Waals surface area contributed by atoms with E-state index in [2.05, 4.69) is 60.9 Å². The highest BCUT2D eigenvalue weighted by Gasteiger charge is 2.40. The van der Waals surface area contributed by atoms with Gasteiger partial charge in [-0.2, -0.15) is 0 Å². The van der Waals surface area contributed by atoms with Gasteiger partial charge in [0.05, 0.1) is 11.4 Å². The summed E-state index contributed by atoms with van der Waals surface area (Å²) in [5, 5.41) is 1.20. The molecule has 3 aliphatic rings. The second kappa shape index (κ2) is 6.75. The Morgan fingerprint density at radius 3 is 2.85 bits per heavy atom. The molecule has 3 saturated heterocycles.